The number of hydrogen-bond donors (Lipinski definition) is 1. The molecule has 0 unspecified atom stereocenters. The Hall–Kier alpha value is -2.10. The van der Waals surface area contributed by atoms with E-state index in [0.717, 1.165) is 22.7 Å². The molecule has 0 spiro atoms. The van der Waals surface area contributed by atoms with Gasteiger partial charge in [-0.1, -0.05) is 46.6 Å². The number of amides is 2. The van der Waals surface area contributed by atoms with Crippen LogP contribution in [0.3, 0.4) is 0 Å². The van der Waals surface area contributed by atoms with Gasteiger partial charge in [0.05, 0.1) is 11.9 Å². The van der Waals surface area contributed by atoms with Gasteiger partial charge in [-0.3, -0.25) is 13.9 Å². The number of sulfonamides is 1. The third-order valence-corrected chi connectivity index (χ3v) is 7.62. The fraction of sp³-hybridized carbons (Fsp3) is 0.440. The molecule has 2 rings (SSSR count). The van der Waals surface area contributed by atoms with Crippen molar-refractivity contribution in [2.75, 3.05) is 17.1 Å². The van der Waals surface area contributed by atoms with E-state index in [1.807, 2.05) is 38.1 Å². The summed E-state index contributed by atoms with van der Waals surface area (Å²) in [6.45, 7) is 6.00. The van der Waals surface area contributed by atoms with E-state index in [1.165, 1.54) is 4.31 Å². The molecule has 0 heterocycles. The second-order valence-electron chi connectivity index (χ2n) is 8.56. The largest absolute Gasteiger partial charge is 0.352 e. The maximum absolute atomic E-state index is 13.3. The predicted octanol–water partition coefficient (Wildman–Crippen LogP) is 4.98. The Morgan fingerprint density at radius 2 is 1.77 bits per heavy atom. The molecule has 10 heteroatoms. The first-order chi connectivity index (χ1) is 16.4. The molecule has 7 nitrogen and oxygen atoms in total. The first-order valence-electron chi connectivity index (χ1n) is 11.5. The summed E-state index contributed by atoms with van der Waals surface area (Å²) >= 11 is 9.38. The van der Waals surface area contributed by atoms with Crippen LogP contribution in [0.2, 0.25) is 5.02 Å². The summed E-state index contributed by atoms with van der Waals surface area (Å²) in [5, 5.41) is 3.45. The minimum absolute atomic E-state index is 0.00420. The molecule has 0 aliphatic rings. The van der Waals surface area contributed by atoms with Crippen LogP contribution in [0.4, 0.5) is 5.69 Å². The van der Waals surface area contributed by atoms with Gasteiger partial charge in [-0.05, 0) is 68.7 Å². The second-order valence-corrected chi connectivity index (χ2v) is 11.8. The van der Waals surface area contributed by atoms with Gasteiger partial charge in [-0.15, -0.1) is 0 Å². The molecule has 1 N–H and O–H groups in total. The van der Waals surface area contributed by atoms with Crippen LogP contribution in [0.15, 0.2) is 53.0 Å². The van der Waals surface area contributed by atoms with Crippen LogP contribution in [-0.4, -0.2) is 50.0 Å². The molecule has 2 amide bonds. The zero-order valence-corrected chi connectivity index (χ0v) is 23.7. The number of carbonyl (C=O) groups is 2. The maximum atomic E-state index is 13.3. The van der Waals surface area contributed by atoms with Gasteiger partial charge in [0.1, 0.15) is 6.04 Å². The normalized spacial score (nSPS) is 13.1. The van der Waals surface area contributed by atoms with Crippen LogP contribution in [0.5, 0.6) is 0 Å². The van der Waals surface area contributed by atoms with E-state index in [4.69, 9.17) is 11.6 Å². The molecule has 0 bridgehead atoms. The number of carbonyl (C=O) groups excluding carboxylic acids is 2. The lowest BCUT2D eigenvalue weighted by Crippen LogP contribution is -2.49. The summed E-state index contributed by atoms with van der Waals surface area (Å²) in [5.74, 6) is -0.442. The van der Waals surface area contributed by atoms with E-state index in [1.54, 1.807) is 36.1 Å². The van der Waals surface area contributed by atoms with Crippen molar-refractivity contribution in [1.82, 2.24) is 10.2 Å². The molecule has 35 heavy (non-hydrogen) atoms. The number of nitrogens with zero attached hydrogens (tertiary/aromatic N) is 2. The average molecular weight is 587 g/mol. The molecular formula is C25H33BrClN3O4S. The van der Waals surface area contributed by atoms with Crippen molar-refractivity contribution in [3.8, 4) is 0 Å². The summed E-state index contributed by atoms with van der Waals surface area (Å²) in [5.41, 5.74) is 1.37. The van der Waals surface area contributed by atoms with E-state index in [-0.39, 0.29) is 37.4 Å². The SMILES string of the molecule is CC[C@@H](C)NC(=O)[C@@H](C)N(Cc1cccc(Br)c1)C(=O)CCCN(c1ccc(Cl)cc1)S(C)(=O)=O. The number of anilines is 1. The van der Waals surface area contributed by atoms with E-state index >= 15 is 0 Å². The standard InChI is InChI=1S/C25H33BrClN3O4S/c1-5-18(2)28-25(32)19(3)29(17-20-8-6-9-21(26)16-20)24(31)10-7-15-30(35(4,33)34)23-13-11-22(27)12-14-23/h6,8-9,11-14,16,18-19H,5,7,10,15,17H2,1-4H3,(H,28,32)/t18-,19-/m1/s1. The quantitative estimate of drug-likeness (QED) is 0.380. The summed E-state index contributed by atoms with van der Waals surface area (Å²) in [7, 11) is -3.55. The van der Waals surface area contributed by atoms with Crippen molar-refractivity contribution >= 4 is 55.1 Å². The molecule has 192 valence electrons. The van der Waals surface area contributed by atoms with E-state index in [9.17, 15) is 18.0 Å². The molecule has 2 atom stereocenters. The molecule has 0 aromatic heterocycles. The number of nitrogens with one attached hydrogen (secondary N) is 1. The highest BCUT2D eigenvalue weighted by atomic mass is 79.9. The van der Waals surface area contributed by atoms with Crippen LogP contribution < -0.4 is 9.62 Å². The van der Waals surface area contributed by atoms with Crippen molar-refractivity contribution in [2.45, 2.75) is 58.7 Å². The first kappa shape index (κ1) is 29.1. The van der Waals surface area contributed by atoms with Gasteiger partial charge in [-0.2, -0.15) is 0 Å². The molecular weight excluding hydrogens is 554 g/mol. The molecule has 0 saturated carbocycles. The zero-order chi connectivity index (χ0) is 26.2. The summed E-state index contributed by atoms with van der Waals surface area (Å²) in [6, 6.07) is 13.4. The number of benzene rings is 2. The Morgan fingerprint density at radius 1 is 1.11 bits per heavy atom. The van der Waals surface area contributed by atoms with Gasteiger partial charge in [0.25, 0.3) is 0 Å². The lowest BCUT2D eigenvalue weighted by atomic mass is 10.1. The fourth-order valence-electron chi connectivity index (χ4n) is 3.49. The van der Waals surface area contributed by atoms with Crippen LogP contribution >= 0.6 is 27.5 Å². The van der Waals surface area contributed by atoms with Gasteiger partial charge < -0.3 is 10.2 Å². The maximum Gasteiger partial charge on any atom is 0.242 e. The van der Waals surface area contributed by atoms with Gasteiger partial charge >= 0.3 is 0 Å². The Kier molecular flexibility index (Phi) is 11.0. The summed E-state index contributed by atoms with van der Waals surface area (Å²) < 4.78 is 26.9. The lowest BCUT2D eigenvalue weighted by Gasteiger charge is -2.30. The lowest BCUT2D eigenvalue weighted by molar-refractivity contribution is -0.140. The first-order valence-corrected chi connectivity index (χ1v) is 14.5. The van der Waals surface area contributed by atoms with Gasteiger partial charge in [-0.25, -0.2) is 8.42 Å². The van der Waals surface area contributed by atoms with Gasteiger partial charge in [0, 0.05) is 35.0 Å². The highest BCUT2D eigenvalue weighted by Crippen LogP contribution is 2.22. The van der Waals surface area contributed by atoms with Crippen LogP contribution in [0.1, 0.15) is 45.6 Å². The highest BCUT2D eigenvalue weighted by Gasteiger charge is 2.27. The third kappa shape index (κ3) is 9.13. The van der Waals surface area contributed by atoms with E-state index in [2.05, 4.69) is 21.2 Å². The average Bonchev–Trinajstić information content (AvgIpc) is 2.79. The number of rotatable bonds is 12. The summed E-state index contributed by atoms with van der Waals surface area (Å²) in [4.78, 5) is 27.7. The number of halogens is 2. The minimum Gasteiger partial charge on any atom is -0.352 e. The molecule has 0 fully saturated rings. The Balaban J connectivity index is 2.16. The molecule has 2 aromatic rings. The second kappa shape index (κ2) is 13.3. The van der Waals surface area contributed by atoms with Gasteiger partial charge in [0.15, 0.2) is 0 Å². The van der Waals surface area contributed by atoms with Crippen molar-refractivity contribution in [3.63, 3.8) is 0 Å². The summed E-state index contributed by atoms with van der Waals surface area (Å²) in [6.07, 6.45) is 2.30. The molecule has 2 aromatic carbocycles. The van der Waals surface area contributed by atoms with Crippen LogP contribution in [-0.2, 0) is 26.2 Å². The Morgan fingerprint density at radius 3 is 2.34 bits per heavy atom. The zero-order valence-electron chi connectivity index (χ0n) is 20.5. The predicted molar refractivity (Wildman–Crippen MR) is 145 cm³/mol. The number of hydrogen-bond acceptors (Lipinski definition) is 4. The topological polar surface area (TPSA) is 86.8 Å². The van der Waals surface area contributed by atoms with Crippen LogP contribution in [0.25, 0.3) is 0 Å². The van der Waals surface area contributed by atoms with Crippen molar-refractivity contribution in [2.24, 2.45) is 0 Å². The smallest absolute Gasteiger partial charge is 0.242 e. The van der Waals surface area contributed by atoms with Crippen molar-refractivity contribution in [3.05, 3.63) is 63.6 Å². The fourth-order valence-corrected chi connectivity index (χ4v) is 5.03. The van der Waals surface area contributed by atoms with Crippen LogP contribution in [0, 0.1) is 0 Å². The minimum atomic E-state index is -3.55. The Bertz CT molecular complexity index is 1110. The molecule has 0 saturated heterocycles. The van der Waals surface area contributed by atoms with Crippen molar-refractivity contribution in [1.29, 1.82) is 0 Å². The monoisotopic (exact) mass is 585 g/mol. The third-order valence-electron chi connectivity index (χ3n) is 5.68. The molecule has 0 aliphatic heterocycles. The van der Waals surface area contributed by atoms with E-state index < -0.39 is 16.1 Å². The molecule has 0 aliphatic carbocycles. The van der Waals surface area contributed by atoms with E-state index in [0.29, 0.717) is 17.1 Å². The Labute approximate surface area is 222 Å². The van der Waals surface area contributed by atoms with Gasteiger partial charge in [0.2, 0.25) is 21.8 Å². The van der Waals surface area contributed by atoms with Crippen molar-refractivity contribution < 1.29 is 18.0 Å². The highest BCUT2D eigenvalue weighted by molar-refractivity contribution is 9.10. The molecule has 0 radical (unpaired) electrons.